The number of halogens is 1. The van der Waals surface area contributed by atoms with Crippen molar-refractivity contribution in [3.63, 3.8) is 0 Å². The molecule has 2 amide bonds. The van der Waals surface area contributed by atoms with Crippen LogP contribution in [0.3, 0.4) is 0 Å². The molecule has 0 aromatic heterocycles. The summed E-state index contributed by atoms with van der Waals surface area (Å²) in [4.78, 5) is 22.2. The number of anilines is 2. The minimum atomic E-state index is -0.571. The van der Waals surface area contributed by atoms with E-state index in [9.17, 15) is 14.0 Å². The van der Waals surface area contributed by atoms with E-state index in [2.05, 4.69) is 10.6 Å². The van der Waals surface area contributed by atoms with Crippen molar-refractivity contribution in [3.05, 3.63) is 24.0 Å². The van der Waals surface area contributed by atoms with E-state index in [-0.39, 0.29) is 24.6 Å². The van der Waals surface area contributed by atoms with Crippen LogP contribution in [-0.4, -0.2) is 23.5 Å². The van der Waals surface area contributed by atoms with Crippen LogP contribution in [0, 0.1) is 5.82 Å². The van der Waals surface area contributed by atoms with Crippen molar-refractivity contribution in [3.8, 4) is 0 Å². The van der Waals surface area contributed by atoms with E-state index in [4.69, 9.17) is 5.11 Å². The number of carbonyl (C=O) groups excluding carboxylic acids is 2. The van der Waals surface area contributed by atoms with Gasteiger partial charge in [0.25, 0.3) is 0 Å². The Morgan fingerprint density at radius 3 is 2.67 bits per heavy atom. The molecule has 0 spiro atoms. The zero-order valence-corrected chi connectivity index (χ0v) is 10.00. The number of aliphatic hydroxyl groups is 1. The van der Waals surface area contributed by atoms with Crippen LogP contribution >= 0.6 is 0 Å². The SMILES string of the molecule is CC(=O)Nc1cc(NC(=O)CCCO)ccc1F. The Bertz CT molecular complexity index is 449. The third kappa shape index (κ3) is 4.50. The molecule has 1 aromatic rings. The molecule has 98 valence electrons. The molecule has 0 bridgehead atoms. The van der Waals surface area contributed by atoms with Crippen LogP contribution in [0.15, 0.2) is 18.2 Å². The third-order valence-corrected chi connectivity index (χ3v) is 2.12. The summed E-state index contributed by atoms with van der Waals surface area (Å²) in [5, 5.41) is 13.5. The van der Waals surface area contributed by atoms with Crippen LogP contribution in [0.4, 0.5) is 15.8 Å². The molecule has 0 saturated carbocycles. The number of nitrogens with one attached hydrogen (secondary N) is 2. The lowest BCUT2D eigenvalue weighted by Gasteiger charge is -2.08. The van der Waals surface area contributed by atoms with Gasteiger partial charge in [-0.25, -0.2) is 4.39 Å². The predicted octanol–water partition coefficient (Wildman–Crippen LogP) is 1.50. The van der Waals surface area contributed by atoms with Gasteiger partial charge in [0.15, 0.2) is 0 Å². The van der Waals surface area contributed by atoms with E-state index in [1.807, 2.05) is 0 Å². The van der Waals surface area contributed by atoms with E-state index in [0.29, 0.717) is 12.1 Å². The Hall–Kier alpha value is -1.95. The Morgan fingerprint density at radius 2 is 2.06 bits per heavy atom. The minimum absolute atomic E-state index is 0.0162. The molecule has 5 nitrogen and oxygen atoms in total. The topological polar surface area (TPSA) is 78.4 Å². The van der Waals surface area contributed by atoms with Crippen LogP contribution < -0.4 is 10.6 Å². The average molecular weight is 254 g/mol. The third-order valence-electron chi connectivity index (χ3n) is 2.12. The fraction of sp³-hybridized carbons (Fsp3) is 0.333. The number of amides is 2. The molecule has 0 aliphatic carbocycles. The molecule has 0 aliphatic rings. The second-order valence-electron chi connectivity index (χ2n) is 3.75. The normalized spacial score (nSPS) is 9.94. The number of hydrogen-bond acceptors (Lipinski definition) is 3. The van der Waals surface area contributed by atoms with Gasteiger partial charge in [0.2, 0.25) is 11.8 Å². The van der Waals surface area contributed by atoms with E-state index in [0.717, 1.165) is 6.07 Å². The molecule has 1 aromatic carbocycles. The lowest BCUT2D eigenvalue weighted by Crippen LogP contribution is -2.13. The van der Waals surface area contributed by atoms with Crippen molar-refractivity contribution in [2.45, 2.75) is 19.8 Å². The first-order valence-corrected chi connectivity index (χ1v) is 5.51. The maximum atomic E-state index is 13.3. The summed E-state index contributed by atoms with van der Waals surface area (Å²) in [5.74, 6) is -1.24. The highest BCUT2D eigenvalue weighted by atomic mass is 19.1. The zero-order chi connectivity index (χ0) is 13.5. The van der Waals surface area contributed by atoms with E-state index < -0.39 is 11.7 Å². The highest BCUT2D eigenvalue weighted by molar-refractivity contribution is 5.93. The second kappa shape index (κ2) is 6.70. The van der Waals surface area contributed by atoms with Crippen molar-refractivity contribution < 1.29 is 19.1 Å². The molecule has 0 heterocycles. The molecule has 6 heteroatoms. The fourth-order valence-electron chi connectivity index (χ4n) is 1.35. The number of rotatable bonds is 5. The van der Waals surface area contributed by atoms with Crippen molar-refractivity contribution in [2.75, 3.05) is 17.2 Å². The minimum Gasteiger partial charge on any atom is -0.396 e. The first kappa shape index (κ1) is 14.1. The molecule has 0 atom stereocenters. The molecule has 0 aliphatic heterocycles. The van der Waals surface area contributed by atoms with Crippen LogP contribution in [0.1, 0.15) is 19.8 Å². The summed E-state index contributed by atoms with van der Waals surface area (Å²) in [7, 11) is 0. The van der Waals surface area contributed by atoms with Gasteiger partial charge in [-0.3, -0.25) is 9.59 Å². The lowest BCUT2D eigenvalue weighted by molar-refractivity contribution is -0.116. The first-order chi connectivity index (χ1) is 8.52. The van der Waals surface area contributed by atoms with Crippen LogP contribution in [0.2, 0.25) is 0 Å². The quantitative estimate of drug-likeness (QED) is 0.745. The summed E-state index contributed by atoms with van der Waals surface area (Å²) in [5.41, 5.74) is 0.408. The fourth-order valence-corrected chi connectivity index (χ4v) is 1.35. The molecule has 0 radical (unpaired) electrons. The van der Waals surface area contributed by atoms with Crippen molar-refractivity contribution >= 4 is 23.2 Å². The van der Waals surface area contributed by atoms with Crippen molar-refractivity contribution in [2.24, 2.45) is 0 Å². The summed E-state index contributed by atoms with van der Waals surface area (Å²) in [6.07, 6.45) is 0.551. The van der Waals surface area contributed by atoms with Gasteiger partial charge in [-0.2, -0.15) is 0 Å². The molecular weight excluding hydrogens is 239 g/mol. The van der Waals surface area contributed by atoms with Gasteiger partial charge in [-0.05, 0) is 24.6 Å². The molecular formula is C12H15FN2O3. The maximum Gasteiger partial charge on any atom is 0.224 e. The van der Waals surface area contributed by atoms with Gasteiger partial charge < -0.3 is 15.7 Å². The zero-order valence-electron chi connectivity index (χ0n) is 10.00. The lowest BCUT2D eigenvalue weighted by atomic mass is 10.2. The summed E-state index contributed by atoms with van der Waals surface area (Å²) < 4.78 is 13.3. The molecule has 3 N–H and O–H groups in total. The van der Waals surface area contributed by atoms with Crippen LogP contribution in [0.25, 0.3) is 0 Å². The van der Waals surface area contributed by atoms with E-state index in [1.165, 1.54) is 19.1 Å². The van der Waals surface area contributed by atoms with Crippen molar-refractivity contribution in [1.82, 2.24) is 0 Å². The Balaban J connectivity index is 2.72. The van der Waals surface area contributed by atoms with Gasteiger partial charge in [0, 0.05) is 25.6 Å². The van der Waals surface area contributed by atoms with Gasteiger partial charge >= 0.3 is 0 Å². The Morgan fingerprint density at radius 1 is 1.33 bits per heavy atom. The van der Waals surface area contributed by atoms with Gasteiger partial charge in [-0.1, -0.05) is 0 Å². The van der Waals surface area contributed by atoms with Crippen LogP contribution in [0.5, 0.6) is 0 Å². The number of benzene rings is 1. The highest BCUT2D eigenvalue weighted by Crippen LogP contribution is 2.19. The van der Waals surface area contributed by atoms with E-state index in [1.54, 1.807) is 0 Å². The van der Waals surface area contributed by atoms with Gasteiger partial charge in [0.1, 0.15) is 5.82 Å². The Labute approximate surface area is 104 Å². The second-order valence-corrected chi connectivity index (χ2v) is 3.75. The predicted molar refractivity (Wildman–Crippen MR) is 65.7 cm³/mol. The van der Waals surface area contributed by atoms with Crippen molar-refractivity contribution in [1.29, 1.82) is 0 Å². The standard InChI is InChI=1S/C12H15FN2O3/c1-8(17)14-11-7-9(4-5-10(11)13)15-12(18)3-2-6-16/h4-5,7,16H,2-3,6H2,1H3,(H,14,17)(H,15,18). The molecule has 18 heavy (non-hydrogen) atoms. The van der Waals surface area contributed by atoms with E-state index >= 15 is 0 Å². The number of carbonyl (C=O) groups is 2. The Kier molecular flexibility index (Phi) is 5.26. The maximum absolute atomic E-state index is 13.3. The van der Waals surface area contributed by atoms with Gasteiger partial charge in [-0.15, -0.1) is 0 Å². The number of aliphatic hydroxyl groups excluding tert-OH is 1. The molecule has 0 unspecified atom stereocenters. The molecule has 0 fully saturated rings. The van der Waals surface area contributed by atoms with Gasteiger partial charge in [0.05, 0.1) is 5.69 Å². The highest BCUT2D eigenvalue weighted by Gasteiger charge is 2.07. The molecule has 0 saturated heterocycles. The summed E-state index contributed by atoms with van der Waals surface area (Å²) in [6.45, 7) is 1.21. The first-order valence-electron chi connectivity index (χ1n) is 5.51. The smallest absolute Gasteiger partial charge is 0.224 e. The summed E-state index contributed by atoms with van der Waals surface area (Å²) >= 11 is 0. The van der Waals surface area contributed by atoms with Crippen LogP contribution in [-0.2, 0) is 9.59 Å². The summed E-state index contributed by atoms with van der Waals surface area (Å²) in [6, 6.07) is 3.90. The largest absolute Gasteiger partial charge is 0.396 e. The monoisotopic (exact) mass is 254 g/mol. The molecule has 1 rings (SSSR count). The number of hydrogen-bond donors (Lipinski definition) is 3. The average Bonchev–Trinajstić information content (AvgIpc) is 2.30.